The SMILES string of the molecule is Cc1nn(C)c(C)c1Nc1ncc(Cl)c(Nc2cc(N)ccc2F)n1. The number of anilines is 5. The first-order valence-electron chi connectivity index (χ1n) is 7.47. The molecule has 7 nitrogen and oxygen atoms in total. The van der Waals surface area contributed by atoms with E-state index in [1.165, 1.54) is 24.4 Å². The molecule has 0 amide bonds. The van der Waals surface area contributed by atoms with Gasteiger partial charge in [-0.15, -0.1) is 0 Å². The van der Waals surface area contributed by atoms with Crippen molar-refractivity contribution in [3.05, 3.63) is 46.6 Å². The third kappa shape index (κ3) is 3.48. The van der Waals surface area contributed by atoms with Crippen molar-refractivity contribution >= 4 is 40.4 Å². The number of nitrogens with one attached hydrogen (secondary N) is 2. The minimum atomic E-state index is -0.461. The van der Waals surface area contributed by atoms with Crippen molar-refractivity contribution in [1.29, 1.82) is 0 Å². The number of nitrogens with two attached hydrogens (primary N) is 1. The van der Waals surface area contributed by atoms with Gasteiger partial charge in [0.2, 0.25) is 5.95 Å². The van der Waals surface area contributed by atoms with Crippen LogP contribution in [0.1, 0.15) is 11.4 Å². The second-order valence-corrected chi connectivity index (χ2v) is 5.96. The van der Waals surface area contributed by atoms with Crippen molar-refractivity contribution in [1.82, 2.24) is 19.7 Å². The fourth-order valence-electron chi connectivity index (χ4n) is 2.35. The average molecular weight is 362 g/mol. The van der Waals surface area contributed by atoms with Gasteiger partial charge in [-0.05, 0) is 32.0 Å². The van der Waals surface area contributed by atoms with Gasteiger partial charge in [-0.3, -0.25) is 4.68 Å². The monoisotopic (exact) mass is 361 g/mol. The van der Waals surface area contributed by atoms with Gasteiger partial charge in [0.1, 0.15) is 10.8 Å². The summed E-state index contributed by atoms with van der Waals surface area (Å²) in [5, 5.41) is 10.5. The number of hydrogen-bond donors (Lipinski definition) is 3. The highest BCUT2D eigenvalue weighted by Gasteiger charge is 2.13. The Kier molecular flexibility index (Phi) is 4.45. The van der Waals surface area contributed by atoms with Crippen molar-refractivity contribution in [2.45, 2.75) is 13.8 Å². The highest BCUT2D eigenvalue weighted by atomic mass is 35.5. The third-order valence-electron chi connectivity index (χ3n) is 3.73. The van der Waals surface area contributed by atoms with Gasteiger partial charge in [0.15, 0.2) is 5.82 Å². The maximum absolute atomic E-state index is 13.9. The lowest BCUT2D eigenvalue weighted by molar-refractivity contribution is 0.632. The maximum atomic E-state index is 13.9. The Morgan fingerprint density at radius 1 is 1.24 bits per heavy atom. The summed E-state index contributed by atoms with van der Waals surface area (Å²) in [5.41, 5.74) is 8.86. The molecule has 2 aromatic heterocycles. The quantitative estimate of drug-likeness (QED) is 0.613. The molecule has 4 N–H and O–H groups in total. The minimum Gasteiger partial charge on any atom is -0.399 e. The maximum Gasteiger partial charge on any atom is 0.229 e. The summed E-state index contributed by atoms with van der Waals surface area (Å²) in [4.78, 5) is 8.47. The van der Waals surface area contributed by atoms with Gasteiger partial charge in [-0.2, -0.15) is 10.1 Å². The number of benzene rings is 1. The molecule has 0 saturated carbocycles. The summed E-state index contributed by atoms with van der Waals surface area (Å²) >= 11 is 6.12. The smallest absolute Gasteiger partial charge is 0.229 e. The van der Waals surface area contributed by atoms with Gasteiger partial charge >= 0.3 is 0 Å². The summed E-state index contributed by atoms with van der Waals surface area (Å²) in [7, 11) is 1.85. The molecule has 3 rings (SSSR count). The largest absolute Gasteiger partial charge is 0.399 e. The Morgan fingerprint density at radius 2 is 2.00 bits per heavy atom. The molecule has 0 spiro atoms. The minimum absolute atomic E-state index is 0.181. The van der Waals surface area contributed by atoms with E-state index in [1.54, 1.807) is 4.68 Å². The fraction of sp³-hybridized carbons (Fsp3) is 0.188. The van der Waals surface area contributed by atoms with Crippen LogP contribution >= 0.6 is 11.6 Å². The van der Waals surface area contributed by atoms with Crippen molar-refractivity contribution in [2.75, 3.05) is 16.4 Å². The number of hydrogen-bond acceptors (Lipinski definition) is 6. The molecule has 0 aliphatic carbocycles. The van der Waals surface area contributed by atoms with Gasteiger partial charge < -0.3 is 16.4 Å². The third-order valence-corrected chi connectivity index (χ3v) is 4.01. The Labute approximate surface area is 149 Å². The van der Waals surface area contributed by atoms with Crippen molar-refractivity contribution in [3.8, 4) is 0 Å². The van der Waals surface area contributed by atoms with Gasteiger partial charge in [0.05, 0.1) is 29.0 Å². The van der Waals surface area contributed by atoms with Crippen molar-refractivity contribution in [3.63, 3.8) is 0 Å². The van der Waals surface area contributed by atoms with Crippen LogP contribution in [0.5, 0.6) is 0 Å². The van der Waals surface area contributed by atoms with E-state index in [0.29, 0.717) is 11.6 Å². The number of nitrogen functional groups attached to an aromatic ring is 1. The molecular formula is C16H17ClFN7. The zero-order chi connectivity index (χ0) is 18.1. The molecule has 0 atom stereocenters. The predicted octanol–water partition coefficient (Wildman–Crippen LogP) is 3.69. The van der Waals surface area contributed by atoms with E-state index >= 15 is 0 Å². The number of nitrogens with zero attached hydrogens (tertiary/aromatic N) is 4. The molecule has 130 valence electrons. The molecule has 0 saturated heterocycles. The Hall–Kier alpha value is -2.87. The first kappa shape index (κ1) is 17.0. The Balaban J connectivity index is 1.91. The van der Waals surface area contributed by atoms with Crippen LogP contribution in [0.2, 0.25) is 5.02 Å². The van der Waals surface area contributed by atoms with E-state index < -0.39 is 5.82 Å². The number of halogens is 2. The molecular weight excluding hydrogens is 345 g/mol. The predicted molar refractivity (Wildman–Crippen MR) is 97.1 cm³/mol. The average Bonchev–Trinajstić information content (AvgIpc) is 2.80. The summed E-state index contributed by atoms with van der Waals surface area (Å²) in [6.07, 6.45) is 1.43. The van der Waals surface area contributed by atoms with Gasteiger partial charge in [-0.1, -0.05) is 11.6 Å². The van der Waals surface area contributed by atoms with Crippen LogP contribution in [0.3, 0.4) is 0 Å². The van der Waals surface area contributed by atoms with Gasteiger partial charge in [-0.25, -0.2) is 9.37 Å². The first-order valence-corrected chi connectivity index (χ1v) is 7.84. The number of rotatable bonds is 4. The van der Waals surface area contributed by atoms with Gasteiger partial charge in [0, 0.05) is 12.7 Å². The Morgan fingerprint density at radius 3 is 2.68 bits per heavy atom. The van der Waals surface area contributed by atoms with Crippen molar-refractivity contribution < 1.29 is 4.39 Å². The second-order valence-electron chi connectivity index (χ2n) is 5.55. The normalized spacial score (nSPS) is 10.8. The van der Waals surface area contributed by atoms with Crippen LogP contribution in [-0.4, -0.2) is 19.7 Å². The lowest BCUT2D eigenvalue weighted by Gasteiger charge is -2.11. The second kappa shape index (κ2) is 6.56. The molecule has 0 aliphatic rings. The zero-order valence-electron chi connectivity index (χ0n) is 13.9. The first-order chi connectivity index (χ1) is 11.8. The van der Waals surface area contributed by atoms with Crippen LogP contribution in [0.25, 0.3) is 0 Å². The lowest BCUT2D eigenvalue weighted by Crippen LogP contribution is -2.04. The van der Waals surface area contributed by atoms with E-state index in [2.05, 4.69) is 25.7 Å². The topological polar surface area (TPSA) is 93.7 Å². The summed E-state index contributed by atoms with van der Waals surface area (Å²) in [5.74, 6) is 0.121. The lowest BCUT2D eigenvalue weighted by atomic mass is 10.2. The molecule has 2 heterocycles. The van der Waals surface area contributed by atoms with Crippen LogP contribution in [0, 0.1) is 19.7 Å². The van der Waals surface area contributed by atoms with Crippen LogP contribution in [0.15, 0.2) is 24.4 Å². The molecule has 25 heavy (non-hydrogen) atoms. The highest BCUT2D eigenvalue weighted by molar-refractivity contribution is 6.32. The molecule has 0 fully saturated rings. The fourth-order valence-corrected chi connectivity index (χ4v) is 2.49. The summed E-state index contributed by atoms with van der Waals surface area (Å²) < 4.78 is 15.7. The molecule has 0 radical (unpaired) electrons. The van der Waals surface area contributed by atoms with Gasteiger partial charge in [0.25, 0.3) is 0 Å². The van der Waals surface area contributed by atoms with E-state index in [9.17, 15) is 4.39 Å². The van der Waals surface area contributed by atoms with E-state index in [4.69, 9.17) is 17.3 Å². The molecule has 9 heteroatoms. The zero-order valence-corrected chi connectivity index (χ0v) is 14.7. The highest BCUT2D eigenvalue weighted by Crippen LogP contribution is 2.28. The van der Waals surface area contributed by atoms with Crippen LogP contribution < -0.4 is 16.4 Å². The number of aryl methyl sites for hydroxylation is 2. The van der Waals surface area contributed by atoms with E-state index in [1.807, 2.05) is 20.9 Å². The molecule has 0 unspecified atom stereocenters. The molecule has 1 aromatic carbocycles. The summed E-state index contributed by atoms with van der Waals surface area (Å²) in [6.45, 7) is 3.81. The molecule has 0 bridgehead atoms. The standard InChI is InChI=1S/C16H17ClFN7/c1-8-14(9(2)25(3)24-8)22-16-20-7-11(17)15(23-16)21-13-6-10(19)4-5-12(13)18/h4-7H,19H2,1-3H3,(H2,20,21,22,23). The van der Waals surface area contributed by atoms with Crippen LogP contribution in [0.4, 0.5) is 33.2 Å². The Bertz CT molecular complexity index is 938. The summed E-state index contributed by atoms with van der Waals surface area (Å²) in [6, 6.07) is 4.22. The van der Waals surface area contributed by atoms with Crippen LogP contribution in [-0.2, 0) is 7.05 Å². The van der Waals surface area contributed by atoms with E-state index in [0.717, 1.165) is 17.1 Å². The van der Waals surface area contributed by atoms with Crippen molar-refractivity contribution in [2.24, 2.45) is 7.05 Å². The number of aromatic nitrogens is 4. The molecule has 0 aliphatic heterocycles. The van der Waals surface area contributed by atoms with E-state index in [-0.39, 0.29) is 16.5 Å². The molecule has 3 aromatic rings.